The summed E-state index contributed by atoms with van der Waals surface area (Å²) in [5.41, 5.74) is 8.32. The molecule has 4 rings (SSSR count). The zero-order valence-corrected chi connectivity index (χ0v) is 18.1. The molecule has 31 heavy (non-hydrogen) atoms. The number of benzene rings is 1. The van der Waals surface area contributed by atoms with Gasteiger partial charge in [0.25, 0.3) is 5.91 Å². The number of amides is 1. The Labute approximate surface area is 181 Å². The number of para-hydroxylation sites is 1. The van der Waals surface area contributed by atoms with Gasteiger partial charge in [0.2, 0.25) is 0 Å². The highest BCUT2D eigenvalue weighted by molar-refractivity contribution is 7.52. The molecule has 1 amide bonds. The second-order valence-corrected chi connectivity index (χ2v) is 9.55. The molecule has 158 valence electrons. The van der Waals surface area contributed by atoms with Gasteiger partial charge in [0.15, 0.2) is 5.38 Å². The number of rotatable bonds is 4. The van der Waals surface area contributed by atoms with Crippen molar-refractivity contribution in [3.63, 3.8) is 0 Å². The number of ether oxygens (including phenoxy) is 1. The highest BCUT2D eigenvalue weighted by Crippen LogP contribution is 2.35. The zero-order chi connectivity index (χ0) is 22.2. The third kappa shape index (κ3) is 4.56. The molecule has 0 aliphatic heterocycles. The summed E-state index contributed by atoms with van der Waals surface area (Å²) >= 11 is 0. The van der Waals surface area contributed by atoms with Gasteiger partial charge >= 0.3 is 10.4 Å². The average Bonchev–Trinajstić information content (AvgIpc) is 3.30. The average molecular weight is 437 g/mol. The first kappa shape index (κ1) is 20.5. The normalized spacial score (nSPS) is 12.0. The summed E-state index contributed by atoms with van der Waals surface area (Å²) in [6.45, 7) is 5.42. The van der Waals surface area contributed by atoms with Crippen LogP contribution in [0.15, 0.2) is 60.2 Å². The van der Waals surface area contributed by atoms with Crippen molar-refractivity contribution < 1.29 is 14.3 Å². The molecule has 9 heteroatoms. The summed E-state index contributed by atoms with van der Waals surface area (Å²) in [4.78, 5) is 33.7. The third-order valence-electron chi connectivity index (χ3n) is 4.27. The van der Waals surface area contributed by atoms with Crippen LogP contribution in [0.1, 0.15) is 31.3 Å². The lowest BCUT2D eigenvalue weighted by Gasteiger charge is -2.15. The van der Waals surface area contributed by atoms with Crippen molar-refractivity contribution in [2.75, 3.05) is 11.1 Å². The Morgan fingerprint density at radius 2 is 1.81 bits per heavy atom. The monoisotopic (exact) mass is 436 g/mol. The molecular weight excluding hydrogens is 414 g/mol. The number of imidazole rings is 1. The van der Waals surface area contributed by atoms with Crippen molar-refractivity contribution in [2.45, 2.75) is 26.4 Å². The van der Waals surface area contributed by atoms with Crippen LogP contribution in [0.2, 0.25) is 0 Å². The first-order valence-corrected chi connectivity index (χ1v) is 10.9. The van der Waals surface area contributed by atoms with Crippen molar-refractivity contribution in [3.05, 3.63) is 65.9 Å². The zero-order valence-electron chi connectivity index (χ0n) is 17.3. The minimum absolute atomic E-state index is 0.220. The Balaban J connectivity index is 1.59. The Morgan fingerprint density at radius 3 is 2.52 bits per heavy atom. The number of hydrogen-bond donors (Lipinski definition) is 2. The molecule has 3 heterocycles. The Morgan fingerprint density at radius 1 is 1.06 bits per heavy atom. The molecule has 0 radical (unpaired) electrons. The van der Waals surface area contributed by atoms with Crippen LogP contribution in [0.25, 0.3) is 16.9 Å². The number of thiazole rings is 1. The number of nitrogens with two attached hydrogens (primary N) is 1. The Hall–Kier alpha value is -3.72. The maximum atomic E-state index is 12.5. The summed E-state index contributed by atoms with van der Waals surface area (Å²) in [6.07, 6.45) is 3.44. The predicted octanol–water partition coefficient (Wildman–Crippen LogP) is 4.76. The van der Waals surface area contributed by atoms with E-state index in [0.29, 0.717) is 17.0 Å². The third-order valence-corrected chi connectivity index (χ3v) is 5.71. The first-order valence-electron chi connectivity index (χ1n) is 9.57. The van der Waals surface area contributed by atoms with Gasteiger partial charge in [0.05, 0.1) is 0 Å². The summed E-state index contributed by atoms with van der Waals surface area (Å²) < 4.78 is 7.18. The quantitative estimate of drug-likeness (QED) is 0.352. The van der Waals surface area contributed by atoms with Gasteiger partial charge in [0, 0.05) is 23.6 Å². The van der Waals surface area contributed by atoms with Gasteiger partial charge in [-0.05, 0) is 45.0 Å². The maximum Gasteiger partial charge on any atom is 0.558 e. The van der Waals surface area contributed by atoms with E-state index in [4.69, 9.17) is 10.5 Å². The summed E-state index contributed by atoms with van der Waals surface area (Å²) in [5, 5.41) is 4.34. The predicted molar refractivity (Wildman–Crippen MR) is 121 cm³/mol. The Bertz CT molecular complexity index is 1270. The summed E-state index contributed by atoms with van der Waals surface area (Å²) in [5.74, 6) is -0.301. The van der Waals surface area contributed by atoms with Crippen molar-refractivity contribution in [2.24, 2.45) is 0 Å². The largest absolute Gasteiger partial charge is 0.558 e. The molecular formula is C22H22N5O3S+. The van der Waals surface area contributed by atoms with Crippen LogP contribution < -0.4 is 11.1 Å². The van der Waals surface area contributed by atoms with Crippen molar-refractivity contribution in [1.29, 1.82) is 0 Å². The molecule has 4 aromatic rings. The van der Waals surface area contributed by atoms with Crippen LogP contribution in [-0.4, -0.2) is 31.2 Å². The fourth-order valence-electron chi connectivity index (χ4n) is 2.90. The fourth-order valence-corrected chi connectivity index (χ4v) is 4.23. The van der Waals surface area contributed by atoms with E-state index in [9.17, 15) is 9.59 Å². The molecule has 8 nitrogen and oxygen atoms in total. The number of pyridine rings is 1. The van der Waals surface area contributed by atoms with Crippen molar-refractivity contribution >= 4 is 38.1 Å². The van der Waals surface area contributed by atoms with E-state index in [2.05, 4.69) is 15.3 Å². The standard InChI is InChI=1S/C22H21N5O3S/c1-22(2,3)30-21(29)31-13-17(26-20(31)23)14-9-10-18-25-16(12-27(18)11-14)19(28)24-15-7-5-4-6-8-15/h4-13H,1-3H3,(H2-,23,24,26,28)/p+1. The fraction of sp³-hybridized carbons (Fsp3) is 0.182. The lowest BCUT2D eigenvalue weighted by atomic mass is 10.2. The van der Waals surface area contributed by atoms with Crippen LogP contribution >= 0.6 is 10.5 Å². The van der Waals surface area contributed by atoms with Gasteiger partial charge in [-0.3, -0.25) is 4.79 Å². The van der Waals surface area contributed by atoms with Gasteiger partial charge in [-0.25, -0.2) is 4.98 Å². The van der Waals surface area contributed by atoms with Crippen LogP contribution in [0, 0.1) is 0 Å². The topological polar surface area (TPSA) is 112 Å². The lowest BCUT2D eigenvalue weighted by molar-refractivity contribution is 0.0729. The lowest BCUT2D eigenvalue weighted by Crippen LogP contribution is -2.21. The van der Waals surface area contributed by atoms with Crippen LogP contribution in [0.3, 0.4) is 0 Å². The number of fused-ring (bicyclic) bond motifs is 1. The minimum atomic E-state index is -1.04. The number of carbonyl (C=O) groups is 2. The van der Waals surface area contributed by atoms with Crippen molar-refractivity contribution in [3.8, 4) is 11.3 Å². The summed E-state index contributed by atoms with van der Waals surface area (Å²) in [7, 11) is -1.04. The number of anilines is 2. The highest BCUT2D eigenvalue weighted by atomic mass is 32.2. The highest BCUT2D eigenvalue weighted by Gasteiger charge is 2.32. The molecule has 1 atom stereocenters. The SMILES string of the molecule is CC(C)(C)OC(=O)[s+]1cc(-c2ccc3nc(C(=O)Nc4ccccc4)cn3c2)nc1N. The second kappa shape index (κ2) is 7.84. The minimum Gasteiger partial charge on any atom is -0.416 e. The number of nitrogens with one attached hydrogen (secondary N) is 1. The van der Waals surface area contributed by atoms with Crippen LogP contribution in [-0.2, 0) is 4.74 Å². The molecule has 0 bridgehead atoms. The molecule has 1 unspecified atom stereocenters. The smallest absolute Gasteiger partial charge is 0.416 e. The van der Waals surface area contributed by atoms with Gasteiger partial charge in [-0.1, -0.05) is 18.2 Å². The summed E-state index contributed by atoms with van der Waals surface area (Å²) in [6, 6.07) is 12.8. The van der Waals surface area contributed by atoms with E-state index in [1.54, 1.807) is 49.0 Å². The van der Waals surface area contributed by atoms with Gasteiger partial charge in [-0.2, -0.15) is 9.78 Å². The van der Waals surface area contributed by atoms with Crippen molar-refractivity contribution in [1.82, 2.24) is 14.4 Å². The van der Waals surface area contributed by atoms with Gasteiger partial charge in [0.1, 0.15) is 33.1 Å². The van der Waals surface area contributed by atoms with E-state index >= 15 is 0 Å². The molecule has 0 spiro atoms. The van der Waals surface area contributed by atoms with E-state index in [1.165, 1.54) is 0 Å². The number of nitrogen functional groups attached to an aromatic ring is 1. The molecule has 3 aromatic heterocycles. The molecule has 0 aliphatic rings. The van der Waals surface area contributed by atoms with Gasteiger partial charge < -0.3 is 20.2 Å². The molecule has 0 saturated heterocycles. The number of carbonyl (C=O) groups excluding carboxylic acids is 2. The van der Waals surface area contributed by atoms with Crippen LogP contribution in [0.5, 0.6) is 0 Å². The van der Waals surface area contributed by atoms with E-state index in [-0.39, 0.29) is 16.7 Å². The molecule has 1 aromatic carbocycles. The Kier molecular flexibility index (Phi) is 5.20. The first-order chi connectivity index (χ1) is 14.7. The number of hydrogen-bond acceptors (Lipinski definition) is 6. The maximum absolute atomic E-state index is 12.5. The number of nitrogens with zero attached hydrogens (tertiary/aromatic N) is 3. The molecule has 0 fully saturated rings. The van der Waals surface area contributed by atoms with Crippen LogP contribution in [0.4, 0.5) is 15.6 Å². The molecule has 0 aliphatic carbocycles. The van der Waals surface area contributed by atoms with E-state index < -0.39 is 21.4 Å². The molecule has 0 saturated carbocycles. The molecule has 3 N–H and O–H groups in total. The number of aromatic nitrogens is 3. The van der Waals surface area contributed by atoms with E-state index in [0.717, 1.165) is 5.56 Å². The second-order valence-electron chi connectivity index (χ2n) is 7.88. The van der Waals surface area contributed by atoms with E-state index in [1.807, 2.05) is 36.4 Å². The van der Waals surface area contributed by atoms with Gasteiger partial charge in [-0.15, -0.1) is 0 Å².